The molecule has 3 aromatic rings. The highest BCUT2D eigenvalue weighted by Gasteiger charge is 2.13. The van der Waals surface area contributed by atoms with E-state index in [-0.39, 0.29) is 5.25 Å². The molecule has 0 radical (unpaired) electrons. The Kier molecular flexibility index (Phi) is 3.76. The molecule has 0 fully saturated rings. The number of fused-ring (bicyclic) bond motifs is 1. The maximum absolute atomic E-state index is 5.92. The van der Waals surface area contributed by atoms with Gasteiger partial charge in [-0.2, -0.15) is 5.10 Å². The van der Waals surface area contributed by atoms with Crippen molar-refractivity contribution in [1.82, 2.24) is 9.78 Å². The molecule has 0 bridgehead atoms. The number of nitrogens with zero attached hydrogens (tertiary/aromatic N) is 2. The number of hydrogen-bond donors (Lipinski definition) is 1. The van der Waals surface area contributed by atoms with Crippen LogP contribution >= 0.6 is 11.8 Å². The molecule has 0 amide bonds. The molecule has 0 saturated carbocycles. The minimum atomic E-state index is 0.241. The lowest BCUT2D eigenvalue weighted by Gasteiger charge is -2.13. The van der Waals surface area contributed by atoms with Crippen molar-refractivity contribution in [2.45, 2.75) is 10.1 Å². The van der Waals surface area contributed by atoms with Crippen LogP contribution in [0.25, 0.3) is 10.8 Å². The summed E-state index contributed by atoms with van der Waals surface area (Å²) in [6.07, 6.45) is 3.93. The van der Waals surface area contributed by atoms with Gasteiger partial charge in [0.1, 0.15) is 0 Å². The summed E-state index contributed by atoms with van der Waals surface area (Å²) in [4.78, 5) is 1.24. The van der Waals surface area contributed by atoms with Crippen molar-refractivity contribution in [3.63, 3.8) is 0 Å². The Morgan fingerprint density at radius 3 is 2.70 bits per heavy atom. The van der Waals surface area contributed by atoms with Gasteiger partial charge in [-0.05, 0) is 22.9 Å². The minimum Gasteiger partial charge on any atom is -0.329 e. The van der Waals surface area contributed by atoms with Gasteiger partial charge in [-0.3, -0.25) is 4.68 Å². The molecule has 0 aliphatic rings. The summed E-state index contributed by atoms with van der Waals surface area (Å²) in [5, 5.41) is 7.00. The molecule has 4 heteroatoms. The van der Waals surface area contributed by atoms with E-state index in [1.165, 1.54) is 21.2 Å². The first-order chi connectivity index (χ1) is 9.76. The summed E-state index contributed by atoms with van der Waals surface area (Å²) in [6, 6.07) is 14.9. The zero-order valence-corrected chi connectivity index (χ0v) is 12.2. The fourth-order valence-electron chi connectivity index (χ4n) is 2.26. The molecule has 0 saturated heterocycles. The first kappa shape index (κ1) is 13.2. The van der Waals surface area contributed by atoms with E-state index < -0.39 is 0 Å². The normalized spacial score (nSPS) is 12.7. The number of nitrogens with two attached hydrogens (primary N) is 1. The number of thioether (sulfide) groups is 1. The largest absolute Gasteiger partial charge is 0.329 e. The topological polar surface area (TPSA) is 43.8 Å². The summed E-state index contributed by atoms with van der Waals surface area (Å²) in [5.41, 5.74) is 7.09. The number of aromatic nitrogens is 2. The number of hydrogen-bond acceptors (Lipinski definition) is 3. The maximum atomic E-state index is 5.92. The highest BCUT2D eigenvalue weighted by atomic mass is 32.2. The van der Waals surface area contributed by atoms with Gasteiger partial charge in [-0.1, -0.05) is 30.3 Å². The van der Waals surface area contributed by atoms with Crippen LogP contribution in [0.2, 0.25) is 0 Å². The maximum Gasteiger partial charge on any atom is 0.0533 e. The first-order valence-corrected chi connectivity index (χ1v) is 7.48. The Hall–Kier alpha value is -1.78. The molecule has 102 valence electrons. The summed E-state index contributed by atoms with van der Waals surface area (Å²) < 4.78 is 1.82. The molecule has 0 spiro atoms. The van der Waals surface area contributed by atoms with Gasteiger partial charge < -0.3 is 5.73 Å². The van der Waals surface area contributed by atoms with Crippen LogP contribution in [0.15, 0.2) is 59.8 Å². The first-order valence-electron chi connectivity index (χ1n) is 6.60. The summed E-state index contributed by atoms with van der Waals surface area (Å²) in [5.74, 6) is 0. The van der Waals surface area contributed by atoms with Crippen molar-refractivity contribution in [1.29, 1.82) is 0 Å². The smallest absolute Gasteiger partial charge is 0.0533 e. The highest BCUT2D eigenvalue weighted by molar-refractivity contribution is 7.99. The molecule has 2 N–H and O–H groups in total. The minimum absolute atomic E-state index is 0.241. The van der Waals surface area contributed by atoms with Crippen molar-refractivity contribution in [2.75, 3.05) is 6.54 Å². The molecule has 2 aromatic carbocycles. The molecule has 0 aliphatic carbocycles. The van der Waals surface area contributed by atoms with Gasteiger partial charge in [0, 0.05) is 35.5 Å². The predicted octanol–water partition coefficient (Wildman–Crippen LogP) is 3.37. The van der Waals surface area contributed by atoms with E-state index in [0.717, 1.165) is 0 Å². The van der Waals surface area contributed by atoms with E-state index in [2.05, 4.69) is 47.6 Å². The van der Waals surface area contributed by atoms with Crippen LogP contribution in [-0.2, 0) is 7.05 Å². The Morgan fingerprint density at radius 2 is 2.00 bits per heavy atom. The molecule has 1 atom stereocenters. The summed E-state index contributed by atoms with van der Waals surface area (Å²) in [7, 11) is 1.93. The Balaban J connectivity index is 1.87. The molecule has 0 aliphatic heterocycles. The Labute approximate surface area is 122 Å². The average Bonchev–Trinajstić information content (AvgIpc) is 2.91. The molecule has 20 heavy (non-hydrogen) atoms. The Morgan fingerprint density at radius 1 is 1.20 bits per heavy atom. The fourth-order valence-corrected chi connectivity index (χ4v) is 3.29. The lowest BCUT2D eigenvalue weighted by atomic mass is 10.1. The predicted molar refractivity (Wildman–Crippen MR) is 84.8 cm³/mol. The summed E-state index contributed by atoms with van der Waals surface area (Å²) in [6.45, 7) is 0.600. The Bertz CT molecular complexity index is 720. The number of benzene rings is 2. The summed E-state index contributed by atoms with van der Waals surface area (Å²) >= 11 is 1.79. The van der Waals surface area contributed by atoms with Gasteiger partial charge in [-0.15, -0.1) is 11.8 Å². The second-order valence-corrected chi connectivity index (χ2v) is 6.07. The van der Waals surface area contributed by atoms with Crippen LogP contribution in [0.4, 0.5) is 0 Å². The molecule has 1 unspecified atom stereocenters. The standard InChI is InChI=1S/C16H17N3S/c1-19-11-14(10-18-19)16(9-17)20-15-7-6-12-4-2-3-5-13(12)8-15/h2-8,10-11,16H,9,17H2,1H3. The molecule has 3 nitrogen and oxygen atoms in total. The zero-order valence-electron chi connectivity index (χ0n) is 11.4. The van der Waals surface area contributed by atoms with Gasteiger partial charge in [0.05, 0.1) is 6.20 Å². The fraction of sp³-hybridized carbons (Fsp3) is 0.188. The number of aryl methyl sites for hydroxylation is 1. The second kappa shape index (κ2) is 5.69. The van der Waals surface area contributed by atoms with Crippen molar-refractivity contribution in [3.05, 3.63) is 60.4 Å². The van der Waals surface area contributed by atoms with Gasteiger partial charge in [-0.25, -0.2) is 0 Å². The van der Waals surface area contributed by atoms with Gasteiger partial charge >= 0.3 is 0 Å². The highest BCUT2D eigenvalue weighted by Crippen LogP contribution is 2.35. The van der Waals surface area contributed by atoms with Crippen LogP contribution in [-0.4, -0.2) is 16.3 Å². The van der Waals surface area contributed by atoms with Crippen LogP contribution < -0.4 is 5.73 Å². The second-order valence-electron chi connectivity index (χ2n) is 4.80. The van der Waals surface area contributed by atoms with E-state index in [1.54, 1.807) is 11.8 Å². The van der Waals surface area contributed by atoms with Crippen LogP contribution in [0.5, 0.6) is 0 Å². The van der Waals surface area contributed by atoms with E-state index in [0.29, 0.717) is 6.54 Å². The van der Waals surface area contributed by atoms with Crippen LogP contribution in [0.3, 0.4) is 0 Å². The number of rotatable bonds is 4. The van der Waals surface area contributed by atoms with Gasteiger partial charge in [0.2, 0.25) is 0 Å². The lowest BCUT2D eigenvalue weighted by Crippen LogP contribution is -2.08. The van der Waals surface area contributed by atoms with Gasteiger partial charge in [0.15, 0.2) is 0 Å². The van der Waals surface area contributed by atoms with E-state index in [9.17, 15) is 0 Å². The van der Waals surface area contributed by atoms with Crippen molar-refractivity contribution >= 4 is 22.5 Å². The van der Waals surface area contributed by atoms with Crippen LogP contribution in [0.1, 0.15) is 10.8 Å². The third-order valence-corrected chi connectivity index (χ3v) is 4.59. The van der Waals surface area contributed by atoms with Gasteiger partial charge in [0.25, 0.3) is 0 Å². The zero-order chi connectivity index (χ0) is 13.9. The SMILES string of the molecule is Cn1cc(C(CN)Sc2ccc3ccccc3c2)cn1. The average molecular weight is 283 g/mol. The quantitative estimate of drug-likeness (QED) is 0.747. The van der Waals surface area contributed by atoms with Crippen LogP contribution in [0, 0.1) is 0 Å². The third kappa shape index (κ3) is 2.71. The van der Waals surface area contributed by atoms with E-state index >= 15 is 0 Å². The van der Waals surface area contributed by atoms with Crippen molar-refractivity contribution in [3.8, 4) is 0 Å². The molecular weight excluding hydrogens is 266 g/mol. The molecule has 3 rings (SSSR count). The third-order valence-electron chi connectivity index (χ3n) is 3.31. The van der Waals surface area contributed by atoms with Crippen molar-refractivity contribution in [2.24, 2.45) is 12.8 Å². The lowest BCUT2D eigenvalue weighted by molar-refractivity contribution is 0.766. The molecular formula is C16H17N3S. The van der Waals surface area contributed by atoms with Crippen molar-refractivity contribution < 1.29 is 0 Å². The van der Waals surface area contributed by atoms with E-state index in [4.69, 9.17) is 5.73 Å². The molecule has 1 heterocycles. The van der Waals surface area contributed by atoms with E-state index in [1.807, 2.05) is 24.1 Å². The molecule has 1 aromatic heterocycles. The monoisotopic (exact) mass is 283 g/mol.